The van der Waals surface area contributed by atoms with E-state index in [1.165, 1.54) is 17.1 Å². The Morgan fingerprint density at radius 2 is 1.82 bits per heavy atom. The van der Waals surface area contributed by atoms with E-state index < -0.39 is 9.84 Å². The van der Waals surface area contributed by atoms with Crippen LogP contribution in [0, 0.1) is 0 Å². The van der Waals surface area contributed by atoms with Crippen LogP contribution >= 0.6 is 0 Å². The van der Waals surface area contributed by atoms with Gasteiger partial charge in [-0.3, -0.25) is 4.79 Å². The zero-order chi connectivity index (χ0) is 12.6. The standard InChI is InChI=1S/C11H12N2O3S/c1-13-11(14)7-10(12-13)8-3-5-9(6-4-8)17(2,15)16/h3-6H,7H2,1-2H3. The van der Waals surface area contributed by atoms with E-state index in [4.69, 9.17) is 0 Å². The first-order chi connectivity index (χ1) is 7.88. The summed E-state index contributed by atoms with van der Waals surface area (Å²) in [5.74, 6) is -0.0628. The predicted octanol–water partition coefficient (Wildman–Crippen LogP) is 0.656. The smallest absolute Gasteiger partial charge is 0.248 e. The molecule has 0 spiro atoms. The molecule has 0 radical (unpaired) electrons. The number of hydrogen-bond acceptors (Lipinski definition) is 4. The Hall–Kier alpha value is -1.69. The fourth-order valence-corrected chi connectivity index (χ4v) is 2.21. The topological polar surface area (TPSA) is 66.8 Å². The summed E-state index contributed by atoms with van der Waals surface area (Å²) >= 11 is 0. The average molecular weight is 252 g/mol. The Morgan fingerprint density at radius 1 is 1.24 bits per heavy atom. The van der Waals surface area contributed by atoms with E-state index >= 15 is 0 Å². The molecule has 0 bridgehead atoms. The van der Waals surface area contributed by atoms with E-state index in [0.29, 0.717) is 5.71 Å². The Bertz CT molecular complexity index is 588. The summed E-state index contributed by atoms with van der Waals surface area (Å²) in [6.45, 7) is 0. The first-order valence-electron chi connectivity index (χ1n) is 5.02. The number of rotatable bonds is 2. The molecule has 1 aliphatic heterocycles. The Kier molecular flexibility index (Phi) is 2.74. The van der Waals surface area contributed by atoms with E-state index in [1.54, 1.807) is 19.2 Å². The fraction of sp³-hybridized carbons (Fsp3) is 0.273. The maximum absolute atomic E-state index is 11.3. The number of nitrogens with zero attached hydrogens (tertiary/aromatic N) is 2. The average Bonchev–Trinajstić information content (AvgIpc) is 2.58. The molecule has 90 valence electrons. The molecule has 0 aromatic heterocycles. The van der Waals surface area contributed by atoms with Crippen LogP contribution in [0.15, 0.2) is 34.3 Å². The first kappa shape index (κ1) is 11.8. The highest BCUT2D eigenvalue weighted by Crippen LogP contribution is 2.16. The number of sulfone groups is 1. The van der Waals surface area contributed by atoms with Crippen LogP contribution in [0.1, 0.15) is 12.0 Å². The van der Waals surface area contributed by atoms with Gasteiger partial charge in [-0.25, -0.2) is 13.4 Å². The third kappa shape index (κ3) is 2.36. The molecule has 1 aliphatic rings. The van der Waals surface area contributed by atoms with Crippen LogP contribution in [-0.4, -0.2) is 38.3 Å². The maximum Gasteiger partial charge on any atom is 0.248 e. The van der Waals surface area contributed by atoms with E-state index in [1.807, 2.05) is 0 Å². The van der Waals surface area contributed by atoms with Crippen LogP contribution in [0.4, 0.5) is 0 Å². The molecule has 0 atom stereocenters. The van der Waals surface area contributed by atoms with Crippen molar-refractivity contribution in [1.82, 2.24) is 5.01 Å². The van der Waals surface area contributed by atoms with Crippen molar-refractivity contribution >= 4 is 21.5 Å². The molecule has 0 aliphatic carbocycles. The lowest BCUT2D eigenvalue weighted by Gasteiger charge is -2.01. The van der Waals surface area contributed by atoms with Crippen molar-refractivity contribution in [2.24, 2.45) is 5.10 Å². The van der Waals surface area contributed by atoms with Crippen molar-refractivity contribution in [3.05, 3.63) is 29.8 Å². The van der Waals surface area contributed by atoms with Crippen LogP contribution in [0.2, 0.25) is 0 Å². The molecule has 5 nitrogen and oxygen atoms in total. The number of hydrazone groups is 1. The third-order valence-corrected chi connectivity index (χ3v) is 3.69. The molecule has 1 aromatic rings. The van der Waals surface area contributed by atoms with Crippen molar-refractivity contribution in [1.29, 1.82) is 0 Å². The van der Waals surface area contributed by atoms with Crippen LogP contribution in [0.25, 0.3) is 0 Å². The molecule has 1 heterocycles. The number of benzene rings is 1. The van der Waals surface area contributed by atoms with Crippen molar-refractivity contribution in [3.8, 4) is 0 Å². The van der Waals surface area contributed by atoms with Crippen LogP contribution in [0.3, 0.4) is 0 Å². The maximum atomic E-state index is 11.3. The van der Waals surface area contributed by atoms with E-state index in [2.05, 4.69) is 5.10 Å². The Morgan fingerprint density at radius 3 is 2.24 bits per heavy atom. The lowest BCUT2D eigenvalue weighted by atomic mass is 10.1. The minimum absolute atomic E-state index is 0.0628. The molecular weight excluding hydrogens is 240 g/mol. The van der Waals surface area contributed by atoms with Gasteiger partial charge in [-0.1, -0.05) is 12.1 Å². The predicted molar refractivity (Wildman–Crippen MR) is 63.5 cm³/mol. The highest BCUT2D eigenvalue weighted by atomic mass is 32.2. The van der Waals surface area contributed by atoms with E-state index in [0.717, 1.165) is 11.8 Å². The number of carbonyl (C=O) groups is 1. The van der Waals surface area contributed by atoms with E-state index in [9.17, 15) is 13.2 Å². The molecular formula is C11H12N2O3S. The zero-order valence-corrected chi connectivity index (χ0v) is 10.4. The van der Waals surface area contributed by atoms with Gasteiger partial charge in [0.25, 0.3) is 0 Å². The Balaban J connectivity index is 2.32. The van der Waals surface area contributed by atoms with Crippen molar-refractivity contribution in [2.75, 3.05) is 13.3 Å². The zero-order valence-electron chi connectivity index (χ0n) is 9.54. The van der Waals surface area contributed by atoms with Gasteiger partial charge in [0, 0.05) is 13.3 Å². The van der Waals surface area contributed by atoms with Gasteiger partial charge in [-0.05, 0) is 17.7 Å². The molecule has 6 heteroatoms. The van der Waals surface area contributed by atoms with Gasteiger partial charge in [0.05, 0.1) is 17.0 Å². The molecule has 2 rings (SSSR count). The van der Waals surface area contributed by atoms with Crippen molar-refractivity contribution in [3.63, 3.8) is 0 Å². The summed E-state index contributed by atoms with van der Waals surface area (Å²) in [4.78, 5) is 11.6. The lowest BCUT2D eigenvalue weighted by Crippen LogP contribution is -2.14. The summed E-state index contributed by atoms with van der Waals surface area (Å²) in [5, 5.41) is 5.37. The van der Waals surface area contributed by atoms with E-state index in [-0.39, 0.29) is 17.2 Å². The number of hydrogen-bond donors (Lipinski definition) is 0. The van der Waals surface area contributed by atoms with Crippen molar-refractivity contribution in [2.45, 2.75) is 11.3 Å². The Labute approximate surface area is 99.7 Å². The summed E-state index contributed by atoms with van der Waals surface area (Å²) < 4.78 is 22.6. The minimum Gasteiger partial charge on any atom is -0.273 e. The summed E-state index contributed by atoms with van der Waals surface area (Å²) in [6, 6.07) is 6.38. The van der Waals surface area contributed by atoms with Gasteiger partial charge in [-0.2, -0.15) is 5.10 Å². The second-order valence-corrected chi connectivity index (χ2v) is 5.95. The molecule has 1 amide bonds. The molecule has 0 unspecified atom stereocenters. The number of amides is 1. The van der Waals surface area contributed by atoms with Gasteiger partial charge in [-0.15, -0.1) is 0 Å². The molecule has 0 N–H and O–H groups in total. The fourth-order valence-electron chi connectivity index (χ4n) is 1.58. The second kappa shape index (κ2) is 3.96. The van der Waals surface area contributed by atoms with Gasteiger partial charge in [0.1, 0.15) is 0 Å². The van der Waals surface area contributed by atoms with Gasteiger partial charge in [0.2, 0.25) is 5.91 Å². The summed E-state index contributed by atoms with van der Waals surface area (Å²) in [7, 11) is -1.58. The SMILES string of the molecule is CN1N=C(c2ccc(S(C)(=O)=O)cc2)CC1=O. The molecule has 0 fully saturated rings. The van der Waals surface area contributed by atoms with Gasteiger partial charge < -0.3 is 0 Å². The summed E-state index contributed by atoms with van der Waals surface area (Å²) in [5.41, 5.74) is 1.44. The highest BCUT2D eigenvalue weighted by Gasteiger charge is 2.21. The van der Waals surface area contributed by atoms with Gasteiger partial charge in [0.15, 0.2) is 9.84 Å². The first-order valence-corrected chi connectivity index (χ1v) is 6.91. The number of carbonyl (C=O) groups excluding carboxylic acids is 1. The molecule has 17 heavy (non-hydrogen) atoms. The largest absolute Gasteiger partial charge is 0.273 e. The third-order valence-electron chi connectivity index (χ3n) is 2.57. The molecule has 1 aromatic carbocycles. The molecule has 0 saturated carbocycles. The van der Waals surface area contributed by atoms with Crippen LogP contribution in [-0.2, 0) is 14.6 Å². The lowest BCUT2D eigenvalue weighted by molar-refractivity contribution is -0.127. The monoisotopic (exact) mass is 252 g/mol. The quantitative estimate of drug-likeness (QED) is 0.776. The second-order valence-electron chi connectivity index (χ2n) is 3.94. The highest BCUT2D eigenvalue weighted by molar-refractivity contribution is 7.90. The molecule has 0 saturated heterocycles. The minimum atomic E-state index is -3.18. The van der Waals surface area contributed by atoms with Crippen LogP contribution < -0.4 is 0 Å². The van der Waals surface area contributed by atoms with Crippen LogP contribution in [0.5, 0.6) is 0 Å². The normalized spacial score (nSPS) is 16.2. The van der Waals surface area contributed by atoms with Gasteiger partial charge >= 0.3 is 0 Å². The summed E-state index contributed by atoms with van der Waals surface area (Å²) in [6.07, 6.45) is 1.42. The van der Waals surface area contributed by atoms with Crippen molar-refractivity contribution < 1.29 is 13.2 Å².